The van der Waals surface area contributed by atoms with E-state index in [4.69, 9.17) is 14.2 Å². The second kappa shape index (κ2) is 12.7. The summed E-state index contributed by atoms with van der Waals surface area (Å²) in [5, 5.41) is 13.9. The molecule has 42 heavy (non-hydrogen) atoms. The van der Waals surface area contributed by atoms with Crippen molar-refractivity contribution >= 4 is 11.7 Å². The van der Waals surface area contributed by atoms with Crippen LogP contribution in [0.4, 0.5) is 10.1 Å². The first-order valence-corrected chi connectivity index (χ1v) is 14.5. The van der Waals surface area contributed by atoms with Crippen LogP contribution in [-0.2, 0) is 17.6 Å². The van der Waals surface area contributed by atoms with E-state index in [1.165, 1.54) is 12.1 Å². The molecular formula is C33H37FN4O4. The monoisotopic (exact) mass is 572 g/mol. The van der Waals surface area contributed by atoms with Gasteiger partial charge in [0.15, 0.2) is 5.82 Å². The van der Waals surface area contributed by atoms with E-state index in [-0.39, 0.29) is 24.1 Å². The van der Waals surface area contributed by atoms with Gasteiger partial charge in [0.2, 0.25) is 5.89 Å². The minimum Gasteiger partial charge on any atom is -0.493 e. The van der Waals surface area contributed by atoms with Crippen LogP contribution in [-0.4, -0.2) is 45.9 Å². The maximum absolute atomic E-state index is 13.2. The van der Waals surface area contributed by atoms with Gasteiger partial charge >= 0.3 is 5.97 Å². The summed E-state index contributed by atoms with van der Waals surface area (Å²) in [4.78, 5) is 23.6. The molecule has 220 valence electrons. The molecular weight excluding hydrogens is 535 g/mol. The van der Waals surface area contributed by atoms with E-state index in [0.29, 0.717) is 18.9 Å². The Morgan fingerprint density at radius 1 is 1.05 bits per heavy atom. The summed E-state index contributed by atoms with van der Waals surface area (Å²) >= 11 is 0. The first-order chi connectivity index (χ1) is 20.2. The number of piperidine rings is 1. The zero-order valence-electron chi connectivity index (χ0n) is 24.6. The van der Waals surface area contributed by atoms with E-state index >= 15 is 0 Å². The molecule has 1 N–H and O–H groups in total. The molecule has 4 aromatic rings. The molecule has 0 bridgehead atoms. The number of carbonyl (C=O) groups is 1. The van der Waals surface area contributed by atoms with E-state index in [0.717, 1.165) is 76.8 Å². The van der Waals surface area contributed by atoms with Crippen molar-refractivity contribution in [2.24, 2.45) is 0 Å². The topological polar surface area (TPSA) is 102 Å². The van der Waals surface area contributed by atoms with E-state index in [9.17, 15) is 14.3 Å². The number of carboxylic acid groups (broad SMARTS) is 1. The van der Waals surface area contributed by atoms with Gasteiger partial charge in [0, 0.05) is 53.9 Å². The van der Waals surface area contributed by atoms with Gasteiger partial charge in [-0.15, -0.1) is 0 Å². The maximum Gasteiger partial charge on any atom is 0.307 e. The lowest BCUT2D eigenvalue weighted by Crippen LogP contribution is -2.35. The Morgan fingerprint density at radius 2 is 1.74 bits per heavy atom. The molecule has 0 amide bonds. The first-order valence-electron chi connectivity index (χ1n) is 14.5. The van der Waals surface area contributed by atoms with Gasteiger partial charge in [0.1, 0.15) is 11.6 Å². The summed E-state index contributed by atoms with van der Waals surface area (Å²) in [5.74, 6) is 1.37. The van der Waals surface area contributed by atoms with Gasteiger partial charge in [-0.2, -0.15) is 4.98 Å². The second-order valence-corrected chi connectivity index (χ2v) is 11.2. The normalized spacial score (nSPS) is 14.0. The number of hydrogen-bond acceptors (Lipinski definition) is 7. The van der Waals surface area contributed by atoms with Crippen LogP contribution in [0.25, 0.3) is 11.1 Å². The number of aryl methyl sites for hydroxylation is 2. The molecule has 1 aliphatic heterocycles. The molecule has 3 heterocycles. The molecule has 5 rings (SSSR count). The lowest BCUT2D eigenvalue weighted by molar-refractivity contribution is -0.136. The van der Waals surface area contributed by atoms with Gasteiger partial charge in [-0.25, -0.2) is 4.39 Å². The fourth-order valence-electron chi connectivity index (χ4n) is 5.58. The Hall–Kier alpha value is -4.27. The number of nitrogens with zero attached hydrogens (tertiary/aromatic N) is 4. The molecule has 9 heteroatoms. The number of aromatic nitrogens is 3. The van der Waals surface area contributed by atoms with Crippen LogP contribution in [0.5, 0.6) is 5.75 Å². The highest BCUT2D eigenvalue weighted by atomic mass is 19.1. The smallest absolute Gasteiger partial charge is 0.307 e. The van der Waals surface area contributed by atoms with Gasteiger partial charge < -0.3 is 19.3 Å². The molecule has 0 spiro atoms. The van der Waals surface area contributed by atoms with Crippen molar-refractivity contribution < 1.29 is 23.6 Å². The van der Waals surface area contributed by atoms with Crippen molar-refractivity contribution in [3.8, 4) is 16.9 Å². The van der Waals surface area contributed by atoms with Gasteiger partial charge in [-0.1, -0.05) is 43.3 Å². The lowest BCUT2D eigenvalue weighted by Gasteiger charge is -2.36. The number of carboxylic acids is 1. The molecule has 0 radical (unpaired) electrons. The van der Waals surface area contributed by atoms with Crippen LogP contribution in [0.1, 0.15) is 72.8 Å². The lowest BCUT2D eigenvalue weighted by atomic mass is 9.91. The zero-order chi connectivity index (χ0) is 29.8. The predicted molar refractivity (Wildman–Crippen MR) is 159 cm³/mol. The largest absolute Gasteiger partial charge is 0.493 e. The van der Waals surface area contributed by atoms with Crippen molar-refractivity contribution in [1.82, 2.24) is 15.1 Å². The Kier molecular flexibility index (Phi) is 8.85. The van der Waals surface area contributed by atoms with Crippen molar-refractivity contribution in [2.45, 2.75) is 65.2 Å². The summed E-state index contributed by atoms with van der Waals surface area (Å²) in [7, 11) is 0. The van der Waals surface area contributed by atoms with Crippen LogP contribution in [0, 0.1) is 19.7 Å². The highest BCUT2D eigenvalue weighted by Crippen LogP contribution is 2.41. The van der Waals surface area contributed by atoms with Crippen molar-refractivity contribution in [3.63, 3.8) is 0 Å². The summed E-state index contributed by atoms with van der Waals surface area (Å²) in [6.45, 7) is 9.89. The Morgan fingerprint density at radius 3 is 2.36 bits per heavy atom. The van der Waals surface area contributed by atoms with Crippen LogP contribution in [0.3, 0.4) is 0 Å². The molecule has 8 nitrogen and oxygen atoms in total. The van der Waals surface area contributed by atoms with Gasteiger partial charge in [-0.05, 0) is 62.1 Å². The fraction of sp³-hybridized carbons (Fsp3) is 0.394. The minimum atomic E-state index is -0.886. The Labute approximate surface area is 245 Å². The van der Waals surface area contributed by atoms with Crippen molar-refractivity contribution in [1.29, 1.82) is 0 Å². The third kappa shape index (κ3) is 6.61. The number of aliphatic carboxylic acids is 1. The van der Waals surface area contributed by atoms with Crippen LogP contribution in [0.15, 0.2) is 53.1 Å². The molecule has 0 unspecified atom stereocenters. The molecule has 2 aromatic carbocycles. The first kappa shape index (κ1) is 29.2. The SMILES string of the molecule is Cc1nc(C)c(-c2ccc(OCCc3ccc(F)cc3)cc2)c(N2CCC(c3nc(C(C)C)no3)CC2)c1CC(=O)O. The van der Waals surface area contributed by atoms with E-state index < -0.39 is 5.97 Å². The number of halogens is 1. The summed E-state index contributed by atoms with van der Waals surface area (Å²) in [6, 6.07) is 14.3. The van der Waals surface area contributed by atoms with Crippen molar-refractivity contribution in [2.75, 3.05) is 24.6 Å². The van der Waals surface area contributed by atoms with Gasteiger partial charge in [-0.3, -0.25) is 9.78 Å². The number of benzene rings is 2. The zero-order valence-corrected chi connectivity index (χ0v) is 24.6. The Balaban J connectivity index is 1.38. The highest BCUT2D eigenvalue weighted by Gasteiger charge is 2.30. The average Bonchev–Trinajstić information content (AvgIpc) is 3.47. The van der Waals surface area contributed by atoms with Crippen LogP contribution in [0.2, 0.25) is 0 Å². The molecule has 0 aliphatic carbocycles. The van der Waals surface area contributed by atoms with Crippen molar-refractivity contribution in [3.05, 3.63) is 88.6 Å². The Bertz CT molecular complexity index is 1530. The third-order valence-corrected chi connectivity index (χ3v) is 7.83. The van der Waals surface area contributed by atoms with Gasteiger partial charge in [0.05, 0.1) is 18.7 Å². The standard InChI is InChI=1S/C33H37FN4O4/c1-20(2)32-36-33(42-37-32)25-13-16-38(17-14-25)31-28(19-29(39)40)21(3)35-22(4)30(31)24-7-11-27(12-8-24)41-18-15-23-5-9-26(34)10-6-23/h5-12,20,25H,13-19H2,1-4H3,(H,39,40). The van der Waals surface area contributed by atoms with Gasteiger partial charge in [0.25, 0.3) is 0 Å². The number of hydrogen-bond donors (Lipinski definition) is 1. The molecule has 0 atom stereocenters. The number of ether oxygens (including phenoxy) is 1. The van der Waals surface area contributed by atoms with E-state index in [1.807, 2.05) is 52.0 Å². The minimum absolute atomic E-state index is 0.104. The van der Waals surface area contributed by atoms with E-state index in [2.05, 4.69) is 15.0 Å². The van der Waals surface area contributed by atoms with E-state index in [1.54, 1.807) is 12.1 Å². The maximum atomic E-state index is 13.2. The molecule has 0 saturated carbocycles. The average molecular weight is 573 g/mol. The molecule has 1 saturated heterocycles. The fourth-order valence-corrected chi connectivity index (χ4v) is 5.58. The molecule has 1 fully saturated rings. The highest BCUT2D eigenvalue weighted by molar-refractivity contribution is 5.86. The molecule has 2 aromatic heterocycles. The number of anilines is 1. The number of pyridine rings is 1. The third-order valence-electron chi connectivity index (χ3n) is 7.83. The summed E-state index contributed by atoms with van der Waals surface area (Å²) in [6.07, 6.45) is 2.22. The second-order valence-electron chi connectivity index (χ2n) is 11.2. The predicted octanol–water partition coefficient (Wildman–Crippen LogP) is 6.64. The van der Waals surface area contributed by atoms with Crippen LogP contribution < -0.4 is 9.64 Å². The quantitative estimate of drug-likeness (QED) is 0.226. The molecule has 1 aliphatic rings. The summed E-state index contributed by atoms with van der Waals surface area (Å²) < 4.78 is 24.7. The number of rotatable bonds is 10. The van der Waals surface area contributed by atoms with Crippen LogP contribution >= 0.6 is 0 Å². The summed E-state index contributed by atoms with van der Waals surface area (Å²) in [5.41, 5.74) is 6.15.